The third-order valence-electron chi connectivity index (χ3n) is 3.24. The number of hydrogen-bond donors (Lipinski definition) is 1. The molecule has 1 N–H and O–H groups in total. The number of nitrogens with one attached hydrogen (secondary N) is 1. The molecule has 0 aliphatic rings. The van der Waals surface area contributed by atoms with Crippen LogP contribution >= 0.6 is 0 Å². The molecule has 1 atom stereocenters. The molecule has 5 heteroatoms. The molecule has 0 fully saturated rings. The molecule has 0 aliphatic heterocycles. The summed E-state index contributed by atoms with van der Waals surface area (Å²) in [7, 11) is 0. The van der Waals surface area contributed by atoms with Gasteiger partial charge in [-0.3, -0.25) is 0 Å². The number of rotatable bonds is 3. The van der Waals surface area contributed by atoms with E-state index in [1.807, 2.05) is 42.2 Å². The lowest BCUT2D eigenvalue weighted by atomic mass is 10.2. The van der Waals surface area contributed by atoms with Gasteiger partial charge in [0.05, 0.1) is 18.2 Å². The summed E-state index contributed by atoms with van der Waals surface area (Å²) >= 11 is 0. The number of hydrogen-bond acceptors (Lipinski definition) is 3. The van der Waals surface area contributed by atoms with Gasteiger partial charge in [-0.2, -0.15) is 5.26 Å². The summed E-state index contributed by atoms with van der Waals surface area (Å²) in [5.74, 6) is 0. The van der Waals surface area contributed by atoms with E-state index in [-0.39, 0.29) is 6.04 Å². The van der Waals surface area contributed by atoms with Crippen LogP contribution in [0, 0.1) is 11.3 Å². The molecule has 1 unspecified atom stereocenters. The zero-order chi connectivity index (χ0) is 13.2. The number of aromatic nitrogens is 4. The van der Waals surface area contributed by atoms with Gasteiger partial charge in [0.25, 0.3) is 0 Å². The quantitative estimate of drug-likeness (QED) is 0.778. The fourth-order valence-electron chi connectivity index (χ4n) is 2.17. The Labute approximate surface area is 110 Å². The van der Waals surface area contributed by atoms with Crippen LogP contribution in [0.1, 0.15) is 19.4 Å². The van der Waals surface area contributed by atoms with Crippen molar-refractivity contribution in [3.8, 4) is 17.3 Å². The molecule has 0 aromatic carbocycles. The highest BCUT2D eigenvalue weighted by Crippen LogP contribution is 2.26. The first-order valence-electron chi connectivity index (χ1n) is 6.12. The predicted molar refractivity (Wildman–Crippen MR) is 72.3 cm³/mol. The van der Waals surface area contributed by atoms with Gasteiger partial charge in [0, 0.05) is 35.6 Å². The zero-order valence-electron chi connectivity index (χ0n) is 10.5. The minimum atomic E-state index is 0.169. The van der Waals surface area contributed by atoms with E-state index >= 15 is 0 Å². The van der Waals surface area contributed by atoms with Gasteiger partial charge in [0.1, 0.15) is 12.0 Å². The molecule has 94 valence electrons. The first kappa shape index (κ1) is 11.5. The standard InChI is InChI=1S/C14H13N5/c1-10(2-5-15)19-7-4-11(8-19)13-12-3-6-16-14(12)18-9-17-13/h3-4,6-10H,2H2,1H3,(H,16,17,18). The van der Waals surface area contributed by atoms with E-state index in [9.17, 15) is 0 Å². The molecule has 0 amide bonds. The van der Waals surface area contributed by atoms with E-state index < -0.39 is 0 Å². The van der Waals surface area contributed by atoms with E-state index in [4.69, 9.17) is 5.26 Å². The molecule has 3 rings (SSSR count). The zero-order valence-corrected chi connectivity index (χ0v) is 10.5. The second kappa shape index (κ2) is 4.58. The highest BCUT2D eigenvalue weighted by molar-refractivity contribution is 5.90. The van der Waals surface area contributed by atoms with Crippen molar-refractivity contribution in [2.45, 2.75) is 19.4 Å². The van der Waals surface area contributed by atoms with Gasteiger partial charge >= 0.3 is 0 Å². The Morgan fingerprint density at radius 2 is 2.32 bits per heavy atom. The normalized spacial score (nSPS) is 12.4. The number of nitrogens with zero attached hydrogens (tertiary/aromatic N) is 4. The number of fused-ring (bicyclic) bond motifs is 1. The van der Waals surface area contributed by atoms with Crippen LogP contribution in [0.2, 0.25) is 0 Å². The molecule has 3 aromatic heterocycles. The van der Waals surface area contributed by atoms with Crippen molar-refractivity contribution in [2.75, 3.05) is 0 Å². The first-order valence-corrected chi connectivity index (χ1v) is 6.12. The summed E-state index contributed by atoms with van der Waals surface area (Å²) < 4.78 is 2.04. The molecule has 0 saturated heterocycles. The largest absolute Gasteiger partial charge is 0.350 e. The molecule has 0 aliphatic carbocycles. The third-order valence-corrected chi connectivity index (χ3v) is 3.24. The van der Waals surface area contributed by atoms with Crippen molar-refractivity contribution in [1.82, 2.24) is 19.5 Å². The van der Waals surface area contributed by atoms with Crippen LogP contribution in [0.25, 0.3) is 22.3 Å². The molecule has 0 saturated carbocycles. The van der Waals surface area contributed by atoms with E-state index in [2.05, 4.69) is 21.0 Å². The summed E-state index contributed by atoms with van der Waals surface area (Å²) in [5.41, 5.74) is 2.79. The summed E-state index contributed by atoms with van der Waals surface area (Å²) in [6.45, 7) is 2.03. The minimum absolute atomic E-state index is 0.169. The summed E-state index contributed by atoms with van der Waals surface area (Å²) in [6, 6.07) is 6.35. The molecule has 0 spiro atoms. The van der Waals surface area contributed by atoms with Crippen LogP contribution in [-0.2, 0) is 0 Å². The van der Waals surface area contributed by atoms with Crippen LogP contribution < -0.4 is 0 Å². The van der Waals surface area contributed by atoms with Crippen molar-refractivity contribution in [2.24, 2.45) is 0 Å². The van der Waals surface area contributed by atoms with Crippen molar-refractivity contribution < 1.29 is 0 Å². The number of nitriles is 1. The average molecular weight is 251 g/mol. The van der Waals surface area contributed by atoms with Crippen LogP contribution in [0.5, 0.6) is 0 Å². The monoisotopic (exact) mass is 251 g/mol. The maximum Gasteiger partial charge on any atom is 0.141 e. The molecule has 5 nitrogen and oxygen atoms in total. The van der Waals surface area contributed by atoms with Crippen molar-refractivity contribution in [3.05, 3.63) is 37.1 Å². The van der Waals surface area contributed by atoms with Gasteiger partial charge < -0.3 is 9.55 Å². The minimum Gasteiger partial charge on any atom is -0.350 e. The SMILES string of the molecule is CC(CC#N)n1ccc(-c2ncnc3[nH]ccc23)c1. The fraction of sp³-hybridized carbons (Fsp3) is 0.214. The Morgan fingerprint density at radius 1 is 1.42 bits per heavy atom. The molecular weight excluding hydrogens is 238 g/mol. The summed E-state index contributed by atoms with van der Waals surface area (Å²) in [6.07, 6.45) is 7.93. The van der Waals surface area contributed by atoms with Crippen molar-refractivity contribution >= 4 is 11.0 Å². The lowest BCUT2D eigenvalue weighted by molar-refractivity contribution is 0.563. The van der Waals surface area contributed by atoms with Crippen LogP contribution in [0.15, 0.2) is 37.1 Å². The van der Waals surface area contributed by atoms with E-state index in [0.29, 0.717) is 6.42 Å². The molecule has 0 bridgehead atoms. The molecule has 3 aromatic rings. The van der Waals surface area contributed by atoms with E-state index in [1.54, 1.807) is 6.33 Å². The van der Waals surface area contributed by atoms with Gasteiger partial charge in [0.15, 0.2) is 0 Å². The van der Waals surface area contributed by atoms with Gasteiger partial charge in [-0.25, -0.2) is 9.97 Å². The van der Waals surface area contributed by atoms with E-state index in [0.717, 1.165) is 22.3 Å². The topological polar surface area (TPSA) is 70.3 Å². The molecule has 3 heterocycles. The van der Waals surface area contributed by atoms with Gasteiger partial charge in [-0.1, -0.05) is 0 Å². The third kappa shape index (κ3) is 1.97. The Bertz CT molecular complexity index is 746. The molecule has 0 radical (unpaired) electrons. The average Bonchev–Trinajstić information content (AvgIpc) is 3.07. The summed E-state index contributed by atoms with van der Waals surface area (Å²) in [5, 5.41) is 9.75. The Hall–Kier alpha value is -2.61. The number of aromatic amines is 1. The Balaban J connectivity index is 2.03. The maximum atomic E-state index is 8.75. The lowest BCUT2D eigenvalue weighted by Crippen LogP contribution is -2.00. The Morgan fingerprint density at radius 3 is 3.16 bits per heavy atom. The second-order valence-corrected chi connectivity index (χ2v) is 4.52. The van der Waals surface area contributed by atoms with Gasteiger partial charge in [0.2, 0.25) is 0 Å². The Kier molecular flexibility index (Phi) is 2.76. The smallest absolute Gasteiger partial charge is 0.141 e. The van der Waals surface area contributed by atoms with Gasteiger partial charge in [-0.05, 0) is 19.1 Å². The highest BCUT2D eigenvalue weighted by atomic mass is 15.0. The number of H-pyrrole nitrogens is 1. The van der Waals surface area contributed by atoms with Crippen LogP contribution in [0.4, 0.5) is 0 Å². The van der Waals surface area contributed by atoms with Crippen LogP contribution in [0.3, 0.4) is 0 Å². The highest BCUT2D eigenvalue weighted by Gasteiger charge is 2.10. The van der Waals surface area contributed by atoms with E-state index in [1.165, 1.54) is 0 Å². The van der Waals surface area contributed by atoms with Crippen molar-refractivity contribution in [1.29, 1.82) is 5.26 Å². The van der Waals surface area contributed by atoms with Gasteiger partial charge in [-0.15, -0.1) is 0 Å². The van der Waals surface area contributed by atoms with Crippen LogP contribution in [-0.4, -0.2) is 19.5 Å². The summed E-state index contributed by atoms with van der Waals surface area (Å²) in [4.78, 5) is 11.6. The first-order chi connectivity index (χ1) is 9.29. The van der Waals surface area contributed by atoms with Crippen molar-refractivity contribution in [3.63, 3.8) is 0 Å². The maximum absolute atomic E-state index is 8.75. The second-order valence-electron chi connectivity index (χ2n) is 4.52. The molecule has 19 heavy (non-hydrogen) atoms. The predicted octanol–water partition coefficient (Wildman–Crippen LogP) is 2.90. The lowest BCUT2D eigenvalue weighted by Gasteiger charge is -2.08. The molecular formula is C14H13N5. The fourth-order valence-corrected chi connectivity index (χ4v) is 2.17.